The van der Waals surface area contributed by atoms with Crippen molar-refractivity contribution in [1.29, 1.82) is 0 Å². The van der Waals surface area contributed by atoms with Gasteiger partial charge in [-0.3, -0.25) is 9.59 Å². The molecule has 0 aliphatic carbocycles. The van der Waals surface area contributed by atoms with Gasteiger partial charge in [0.1, 0.15) is 5.58 Å². The third kappa shape index (κ3) is 3.12. The Morgan fingerprint density at radius 2 is 1.87 bits per heavy atom. The second-order valence-electron chi connectivity index (χ2n) is 5.39. The highest BCUT2D eigenvalue weighted by Gasteiger charge is 2.13. The van der Waals surface area contributed by atoms with E-state index in [0.717, 1.165) is 11.1 Å². The fraction of sp³-hybridized carbons (Fsp3) is 0.111. The Morgan fingerprint density at radius 3 is 2.61 bits per heavy atom. The molecule has 0 bridgehead atoms. The normalized spacial score (nSPS) is 10.7. The zero-order valence-electron chi connectivity index (χ0n) is 12.6. The molecule has 0 atom stereocenters. The lowest BCUT2D eigenvalue weighted by Gasteiger charge is -2.07. The van der Waals surface area contributed by atoms with E-state index < -0.39 is 5.91 Å². The molecule has 3 rings (SSSR count). The molecule has 1 aromatic heterocycles. The van der Waals surface area contributed by atoms with Crippen LogP contribution in [0, 0.1) is 13.8 Å². The number of carbonyl (C=O) groups excluding carboxylic acids is 1. The van der Waals surface area contributed by atoms with Crippen molar-refractivity contribution in [2.45, 2.75) is 13.8 Å². The summed E-state index contributed by atoms with van der Waals surface area (Å²) in [7, 11) is 0. The van der Waals surface area contributed by atoms with Crippen LogP contribution in [0.2, 0.25) is 5.02 Å². The summed E-state index contributed by atoms with van der Waals surface area (Å²) in [5, 5.41) is 3.68. The van der Waals surface area contributed by atoms with Gasteiger partial charge in [-0.1, -0.05) is 23.7 Å². The topological polar surface area (TPSA) is 59.3 Å². The Morgan fingerprint density at radius 1 is 1.09 bits per heavy atom. The smallest absolute Gasteiger partial charge is 0.291 e. The van der Waals surface area contributed by atoms with E-state index in [1.165, 1.54) is 6.07 Å². The minimum atomic E-state index is -0.495. The SMILES string of the molecule is Cc1ccc2c(=O)cc(C(=O)Nc3ccc(C)c(Cl)c3)oc2c1. The van der Waals surface area contributed by atoms with Crippen molar-refractivity contribution < 1.29 is 9.21 Å². The number of anilines is 1. The lowest BCUT2D eigenvalue weighted by molar-refractivity contribution is 0.0997. The molecule has 0 fully saturated rings. The molecule has 1 N–H and O–H groups in total. The lowest BCUT2D eigenvalue weighted by Crippen LogP contribution is -2.15. The van der Waals surface area contributed by atoms with Crippen LogP contribution in [0.15, 0.2) is 51.7 Å². The van der Waals surface area contributed by atoms with Gasteiger partial charge < -0.3 is 9.73 Å². The highest BCUT2D eigenvalue weighted by Crippen LogP contribution is 2.21. The molecular formula is C18H14ClNO3. The Balaban J connectivity index is 1.97. The number of hydrogen-bond acceptors (Lipinski definition) is 3. The highest BCUT2D eigenvalue weighted by molar-refractivity contribution is 6.31. The average Bonchev–Trinajstić information content (AvgIpc) is 2.50. The van der Waals surface area contributed by atoms with Crippen molar-refractivity contribution in [3.05, 3.63) is 74.6 Å². The number of hydrogen-bond donors (Lipinski definition) is 1. The number of nitrogens with one attached hydrogen (secondary N) is 1. The van der Waals surface area contributed by atoms with Crippen LogP contribution >= 0.6 is 11.6 Å². The summed E-state index contributed by atoms with van der Waals surface area (Å²) < 4.78 is 5.57. The quantitative estimate of drug-likeness (QED) is 0.762. The molecule has 0 aliphatic heterocycles. The molecule has 1 heterocycles. The van der Waals surface area contributed by atoms with Crippen molar-refractivity contribution in [1.82, 2.24) is 0 Å². The lowest BCUT2D eigenvalue weighted by atomic mass is 10.1. The van der Waals surface area contributed by atoms with Gasteiger partial charge in [0.2, 0.25) is 0 Å². The molecule has 0 spiro atoms. The Kier molecular flexibility index (Phi) is 3.92. The molecule has 0 saturated carbocycles. The van der Waals surface area contributed by atoms with Crippen LogP contribution in [0.25, 0.3) is 11.0 Å². The van der Waals surface area contributed by atoms with Crippen molar-refractivity contribution in [2.24, 2.45) is 0 Å². The van der Waals surface area contributed by atoms with E-state index in [9.17, 15) is 9.59 Å². The maximum atomic E-state index is 12.3. The standard InChI is InChI=1S/C18H14ClNO3/c1-10-3-6-13-15(21)9-17(23-16(13)7-10)18(22)20-12-5-4-11(2)14(19)8-12/h3-9H,1-2H3,(H,20,22). The van der Waals surface area contributed by atoms with Gasteiger partial charge in [-0.2, -0.15) is 0 Å². The largest absolute Gasteiger partial charge is 0.451 e. The third-order valence-corrected chi connectivity index (χ3v) is 3.95. The second kappa shape index (κ2) is 5.89. The monoisotopic (exact) mass is 327 g/mol. The van der Waals surface area contributed by atoms with Crippen LogP contribution in [0.3, 0.4) is 0 Å². The predicted octanol–water partition coefficient (Wildman–Crippen LogP) is 4.32. The average molecular weight is 328 g/mol. The molecule has 4 nitrogen and oxygen atoms in total. The minimum Gasteiger partial charge on any atom is -0.451 e. The van der Waals surface area contributed by atoms with Gasteiger partial charge in [-0.25, -0.2) is 0 Å². The van der Waals surface area contributed by atoms with Crippen LogP contribution in [0.5, 0.6) is 0 Å². The second-order valence-corrected chi connectivity index (χ2v) is 5.80. The summed E-state index contributed by atoms with van der Waals surface area (Å²) in [6, 6.07) is 11.6. The first kappa shape index (κ1) is 15.3. The van der Waals surface area contributed by atoms with Crippen molar-refractivity contribution in [3.63, 3.8) is 0 Å². The summed E-state index contributed by atoms with van der Waals surface area (Å²) >= 11 is 6.04. The number of aryl methyl sites for hydroxylation is 2. The molecule has 3 aromatic rings. The zero-order valence-corrected chi connectivity index (χ0v) is 13.4. The Bertz CT molecular complexity index is 976. The van der Waals surface area contributed by atoms with E-state index in [-0.39, 0.29) is 11.2 Å². The van der Waals surface area contributed by atoms with Gasteiger partial charge in [0, 0.05) is 16.8 Å². The minimum absolute atomic E-state index is 0.0372. The summed E-state index contributed by atoms with van der Waals surface area (Å²) in [5.74, 6) is -0.532. The molecule has 5 heteroatoms. The molecule has 0 saturated heterocycles. The van der Waals surface area contributed by atoms with Crippen LogP contribution in [0.4, 0.5) is 5.69 Å². The maximum Gasteiger partial charge on any atom is 0.291 e. The summed E-state index contributed by atoms with van der Waals surface area (Å²) in [4.78, 5) is 24.4. The van der Waals surface area contributed by atoms with E-state index in [1.54, 1.807) is 30.3 Å². The van der Waals surface area contributed by atoms with Gasteiger partial charge >= 0.3 is 0 Å². The predicted molar refractivity (Wildman–Crippen MR) is 91.4 cm³/mol. The molecule has 116 valence electrons. The molecule has 0 unspecified atom stereocenters. The van der Waals surface area contributed by atoms with E-state index >= 15 is 0 Å². The van der Waals surface area contributed by atoms with Gasteiger partial charge in [0.25, 0.3) is 5.91 Å². The first-order chi connectivity index (χ1) is 10.9. The number of amides is 1. The van der Waals surface area contributed by atoms with E-state index in [4.69, 9.17) is 16.0 Å². The van der Waals surface area contributed by atoms with Gasteiger partial charge in [0.05, 0.1) is 5.39 Å². The summed E-state index contributed by atoms with van der Waals surface area (Å²) in [6.07, 6.45) is 0. The van der Waals surface area contributed by atoms with Crippen molar-refractivity contribution in [2.75, 3.05) is 5.32 Å². The fourth-order valence-corrected chi connectivity index (χ4v) is 2.42. The molecule has 0 aliphatic rings. The maximum absolute atomic E-state index is 12.3. The van der Waals surface area contributed by atoms with Crippen LogP contribution in [0.1, 0.15) is 21.7 Å². The van der Waals surface area contributed by atoms with E-state index in [2.05, 4.69) is 5.32 Å². The summed E-state index contributed by atoms with van der Waals surface area (Å²) in [5.41, 5.74) is 2.54. The van der Waals surface area contributed by atoms with Gasteiger partial charge in [-0.05, 0) is 49.2 Å². The molecular weight excluding hydrogens is 314 g/mol. The van der Waals surface area contributed by atoms with Gasteiger partial charge in [0.15, 0.2) is 11.2 Å². The number of rotatable bonds is 2. The Labute approximate surface area is 137 Å². The van der Waals surface area contributed by atoms with Gasteiger partial charge in [-0.15, -0.1) is 0 Å². The van der Waals surface area contributed by atoms with E-state index in [1.807, 2.05) is 19.9 Å². The zero-order chi connectivity index (χ0) is 16.6. The number of halogens is 1. The highest BCUT2D eigenvalue weighted by atomic mass is 35.5. The molecule has 1 amide bonds. The van der Waals surface area contributed by atoms with E-state index in [0.29, 0.717) is 21.7 Å². The number of benzene rings is 2. The Hall–Kier alpha value is -2.59. The first-order valence-electron chi connectivity index (χ1n) is 7.06. The third-order valence-electron chi connectivity index (χ3n) is 3.54. The van der Waals surface area contributed by atoms with Crippen LogP contribution < -0.4 is 10.7 Å². The van der Waals surface area contributed by atoms with Crippen LogP contribution in [-0.2, 0) is 0 Å². The number of fused-ring (bicyclic) bond motifs is 1. The summed E-state index contributed by atoms with van der Waals surface area (Å²) in [6.45, 7) is 3.76. The molecule has 23 heavy (non-hydrogen) atoms. The fourth-order valence-electron chi connectivity index (χ4n) is 2.24. The number of carbonyl (C=O) groups is 1. The first-order valence-corrected chi connectivity index (χ1v) is 7.44. The molecule has 0 radical (unpaired) electrons. The molecule has 2 aromatic carbocycles. The van der Waals surface area contributed by atoms with Crippen molar-refractivity contribution >= 4 is 34.2 Å². The van der Waals surface area contributed by atoms with Crippen molar-refractivity contribution in [3.8, 4) is 0 Å². The van der Waals surface area contributed by atoms with Crippen LogP contribution in [-0.4, -0.2) is 5.91 Å².